The van der Waals surface area contributed by atoms with E-state index in [0.29, 0.717) is 13.1 Å². The molecule has 1 aromatic heterocycles. The van der Waals surface area contributed by atoms with Gasteiger partial charge in [-0.05, 0) is 25.1 Å². The summed E-state index contributed by atoms with van der Waals surface area (Å²) in [6.45, 7) is 3.43. The molecule has 0 radical (unpaired) electrons. The third-order valence-corrected chi connectivity index (χ3v) is 2.83. The number of aryl methyl sites for hydroxylation is 1. The number of benzene rings is 1. The number of para-hydroxylation sites is 1. The van der Waals surface area contributed by atoms with E-state index in [4.69, 9.17) is 10.00 Å². The van der Waals surface area contributed by atoms with Crippen molar-refractivity contribution in [2.45, 2.75) is 20.0 Å². The van der Waals surface area contributed by atoms with Gasteiger partial charge in [0.2, 0.25) is 0 Å². The maximum Gasteiger partial charge on any atom is 0.174 e. The summed E-state index contributed by atoms with van der Waals surface area (Å²) < 4.78 is 5.39. The summed E-state index contributed by atoms with van der Waals surface area (Å²) in [5, 5.41) is 11.9. The monoisotopic (exact) mass is 267 g/mol. The maximum absolute atomic E-state index is 8.57. The Morgan fingerprint density at radius 3 is 2.80 bits per heavy atom. The van der Waals surface area contributed by atoms with Crippen molar-refractivity contribution in [2.75, 3.05) is 6.61 Å². The molecule has 0 saturated heterocycles. The van der Waals surface area contributed by atoms with Gasteiger partial charge in [0.15, 0.2) is 6.61 Å². The molecule has 2 aromatic rings. The van der Waals surface area contributed by atoms with Gasteiger partial charge < -0.3 is 10.1 Å². The zero-order chi connectivity index (χ0) is 14.2. The topological polar surface area (TPSA) is 57.9 Å². The van der Waals surface area contributed by atoms with Crippen LogP contribution >= 0.6 is 0 Å². The smallest absolute Gasteiger partial charge is 0.174 e. The molecule has 0 fully saturated rings. The van der Waals surface area contributed by atoms with E-state index < -0.39 is 0 Å². The molecule has 4 nitrogen and oxygen atoms in total. The molecule has 0 aliphatic heterocycles. The van der Waals surface area contributed by atoms with Gasteiger partial charge in [-0.2, -0.15) is 5.26 Å². The standard InChI is InChI=1S/C16H17N3O/c1-13-5-4-7-15(19-13)12-18-11-14-6-2-3-8-16(14)20-10-9-17/h2-8,18H,10-12H2,1H3. The second kappa shape index (κ2) is 7.27. The molecule has 0 aliphatic rings. The summed E-state index contributed by atoms with van der Waals surface area (Å²) in [4.78, 5) is 4.44. The normalized spacial score (nSPS) is 10.0. The van der Waals surface area contributed by atoms with Gasteiger partial charge in [0, 0.05) is 24.3 Å². The van der Waals surface area contributed by atoms with Gasteiger partial charge >= 0.3 is 0 Å². The van der Waals surface area contributed by atoms with Crippen molar-refractivity contribution in [3.05, 3.63) is 59.4 Å². The zero-order valence-electron chi connectivity index (χ0n) is 11.5. The lowest BCUT2D eigenvalue weighted by atomic mass is 10.2. The Morgan fingerprint density at radius 1 is 1.15 bits per heavy atom. The number of nitrogens with one attached hydrogen (secondary N) is 1. The van der Waals surface area contributed by atoms with Crippen LogP contribution in [0.1, 0.15) is 17.0 Å². The first kappa shape index (κ1) is 14.0. The predicted octanol–water partition coefficient (Wildman–Crippen LogP) is 2.58. The van der Waals surface area contributed by atoms with Gasteiger partial charge in [-0.15, -0.1) is 0 Å². The summed E-state index contributed by atoms with van der Waals surface area (Å²) in [5.74, 6) is 0.749. The van der Waals surface area contributed by atoms with E-state index in [2.05, 4.69) is 10.3 Å². The second-order valence-electron chi connectivity index (χ2n) is 4.43. The van der Waals surface area contributed by atoms with E-state index in [9.17, 15) is 0 Å². The molecule has 0 atom stereocenters. The molecular weight excluding hydrogens is 250 g/mol. The Bertz CT molecular complexity index is 605. The summed E-state index contributed by atoms with van der Waals surface area (Å²) in [5.41, 5.74) is 3.07. The molecule has 1 N–H and O–H groups in total. The van der Waals surface area contributed by atoms with Gasteiger partial charge in [0.1, 0.15) is 11.8 Å². The molecule has 0 bridgehead atoms. The highest BCUT2D eigenvalue weighted by atomic mass is 16.5. The number of hydrogen-bond acceptors (Lipinski definition) is 4. The Labute approximate surface area is 119 Å². The fourth-order valence-electron chi connectivity index (χ4n) is 1.92. The minimum absolute atomic E-state index is 0.0659. The van der Waals surface area contributed by atoms with E-state index in [0.717, 1.165) is 22.7 Å². The number of aromatic nitrogens is 1. The summed E-state index contributed by atoms with van der Waals surface area (Å²) in [6, 6.07) is 15.7. The summed E-state index contributed by atoms with van der Waals surface area (Å²) >= 11 is 0. The third kappa shape index (κ3) is 4.08. The minimum atomic E-state index is 0.0659. The third-order valence-electron chi connectivity index (χ3n) is 2.83. The first-order valence-corrected chi connectivity index (χ1v) is 6.50. The van der Waals surface area contributed by atoms with Crippen molar-refractivity contribution in [1.29, 1.82) is 5.26 Å². The number of pyridine rings is 1. The van der Waals surface area contributed by atoms with E-state index in [1.54, 1.807) is 0 Å². The fraction of sp³-hybridized carbons (Fsp3) is 0.250. The van der Waals surface area contributed by atoms with Crippen LogP contribution in [0.2, 0.25) is 0 Å². The van der Waals surface area contributed by atoms with Gasteiger partial charge in [-0.3, -0.25) is 4.98 Å². The predicted molar refractivity (Wildman–Crippen MR) is 77.1 cm³/mol. The molecule has 2 rings (SSSR count). The SMILES string of the molecule is Cc1cccc(CNCc2ccccc2OCC#N)n1. The van der Waals surface area contributed by atoms with Gasteiger partial charge in [-0.25, -0.2) is 0 Å². The summed E-state index contributed by atoms with van der Waals surface area (Å²) in [7, 11) is 0. The van der Waals surface area contributed by atoms with E-state index in [1.807, 2.05) is 55.5 Å². The maximum atomic E-state index is 8.57. The van der Waals surface area contributed by atoms with Crippen LogP contribution in [0.15, 0.2) is 42.5 Å². The van der Waals surface area contributed by atoms with E-state index in [-0.39, 0.29) is 6.61 Å². The molecule has 20 heavy (non-hydrogen) atoms. The van der Waals surface area contributed by atoms with Crippen molar-refractivity contribution in [1.82, 2.24) is 10.3 Å². The summed E-state index contributed by atoms with van der Waals surface area (Å²) in [6.07, 6.45) is 0. The van der Waals surface area contributed by atoms with Crippen molar-refractivity contribution < 1.29 is 4.74 Å². The van der Waals surface area contributed by atoms with Crippen molar-refractivity contribution in [3.63, 3.8) is 0 Å². The van der Waals surface area contributed by atoms with E-state index in [1.165, 1.54) is 0 Å². The number of nitriles is 1. The quantitative estimate of drug-likeness (QED) is 0.874. The van der Waals surface area contributed by atoms with Gasteiger partial charge in [0.05, 0.1) is 5.69 Å². The second-order valence-corrected chi connectivity index (χ2v) is 4.43. The minimum Gasteiger partial charge on any atom is -0.478 e. The van der Waals surface area contributed by atoms with Crippen LogP contribution in [-0.4, -0.2) is 11.6 Å². The lowest BCUT2D eigenvalue weighted by molar-refractivity contribution is 0.362. The van der Waals surface area contributed by atoms with Crippen LogP contribution in [0.4, 0.5) is 0 Å². The average molecular weight is 267 g/mol. The fourth-order valence-corrected chi connectivity index (χ4v) is 1.92. The highest BCUT2D eigenvalue weighted by Crippen LogP contribution is 2.17. The number of ether oxygens (including phenoxy) is 1. The molecule has 0 aliphatic carbocycles. The van der Waals surface area contributed by atoms with Crippen LogP contribution in [0.5, 0.6) is 5.75 Å². The van der Waals surface area contributed by atoms with Crippen molar-refractivity contribution in [2.24, 2.45) is 0 Å². The largest absolute Gasteiger partial charge is 0.478 e. The molecule has 0 amide bonds. The number of hydrogen-bond donors (Lipinski definition) is 1. The molecule has 1 aromatic carbocycles. The lowest BCUT2D eigenvalue weighted by Crippen LogP contribution is -2.14. The molecular formula is C16H17N3O. The molecule has 102 valence electrons. The van der Waals surface area contributed by atoms with Crippen LogP contribution < -0.4 is 10.1 Å². The van der Waals surface area contributed by atoms with Crippen LogP contribution in [0, 0.1) is 18.3 Å². The number of nitrogens with zero attached hydrogens (tertiary/aromatic N) is 2. The lowest BCUT2D eigenvalue weighted by Gasteiger charge is -2.10. The Kier molecular flexibility index (Phi) is 5.10. The first-order chi connectivity index (χ1) is 9.79. The van der Waals surface area contributed by atoms with Crippen molar-refractivity contribution in [3.8, 4) is 11.8 Å². The average Bonchev–Trinajstić information content (AvgIpc) is 2.46. The molecule has 0 saturated carbocycles. The van der Waals surface area contributed by atoms with Crippen LogP contribution in [0.3, 0.4) is 0 Å². The van der Waals surface area contributed by atoms with Gasteiger partial charge in [0.25, 0.3) is 0 Å². The first-order valence-electron chi connectivity index (χ1n) is 6.50. The Hall–Kier alpha value is -2.38. The molecule has 1 heterocycles. The Morgan fingerprint density at radius 2 is 2.00 bits per heavy atom. The molecule has 0 spiro atoms. The van der Waals surface area contributed by atoms with Gasteiger partial charge in [-0.1, -0.05) is 24.3 Å². The molecule has 0 unspecified atom stereocenters. The van der Waals surface area contributed by atoms with Crippen LogP contribution in [0.25, 0.3) is 0 Å². The van der Waals surface area contributed by atoms with Crippen molar-refractivity contribution >= 4 is 0 Å². The Balaban J connectivity index is 1.92. The number of rotatable bonds is 6. The highest BCUT2D eigenvalue weighted by Gasteiger charge is 2.02. The zero-order valence-corrected chi connectivity index (χ0v) is 11.5. The van der Waals surface area contributed by atoms with E-state index >= 15 is 0 Å². The highest BCUT2D eigenvalue weighted by molar-refractivity contribution is 5.33. The van der Waals surface area contributed by atoms with Crippen LogP contribution in [-0.2, 0) is 13.1 Å². The molecule has 4 heteroatoms.